The maximum atomic E-state index is 13.9. The van der Waals surface area contributed by atoms with E-state index in [0.29, 0.717) is 30.5 Å². The fraction of sp³-hybridized carbons (Fsp3) is 0.308. The largest absolute Gasteiger partial charge is 0.433 e. The first-order valence-electron chi connectivity index (χ1n) is 11.1. The Hall–Kier alpha value is -3.26. The Morgan fingerprint density at radius 2 is 1.76 bits per heavy atom. The molecule has 4 nitrogen and oxygen atoms in total. The van der Waals surface area contributed by atoms with Crippen LogP contribution in [0.3, 0.4) is 0 Å². The van der Waals surface area contributed by atoms with Crippen LogP contribution in [0.1, 0.15) is 53.4 Å². The molecule has 2 N–H and O–H groups in total. The van der Waals surface area contributed by atoms with Crippen LogP contribution in [0.5, 0.6) is 0 Å². The highest BCUT2D eigenvalue weighted by Gasteiger charge is 2.32. The SMILES string of the molecule is CCNC(=O)[C@H](N[C@@H](CCc1ccc(C(F)(F)F)nc1)c1ccc(F)c(C)c1)c1ccccc1. The van der Waals surface area contributed by atoms with Gasteiger partial charge >= 0.3 is 6.18 Å². The van der Waals surface area contributed by atoms with Crippen LogP contribution < -0.4 is 10.6 Å². The average molecular weight is 474 g/mol. The molecule has 1 heterocycles. The molecule has 3 aromatic rings. The number of aryl methyl sites for hydroxylation is 2. The van der Waals surface area contributed by atoms with Crippen LogP contribution in [0, 0.1) is 12.7 Å². The van der Waals surface area contributed by atoms with Gasteiger partial charge in [-0.25, -0.2) is 4.39 Å². The molecule has 1 aromatic heterocycles. The minimum absolute atomic E-state index is 0.200. The number of carbonyl (C=O) groups is 1. The van der Waals surface area contributed by atoms with E-state index in [0.717, 1.165) is 17.2 Å². The molecule has 3 rings (SSSR count). The summed E-state index contributed by atoms with van der Waals surface area (Å²) in [6, 6.07) is 15.3. The van der Waals surface area contributed by atoms with Gasteiger partial charge in [0, 0.05) is 18.8 Å². The molecule has 0 unspecified atom stereocenters. The van der Waals surface area contributed by atoms with Crippen molar-refractivity contribution in [3.63, 3.8) is 0 Å². The fourth-order valence-electron chi connectivity index (χ4n) is 3.73. The Kier molecular flexibility index (Phi) is 8.39. The van der Waals surface area contributed by atoms with E-state index in [-0.39, 0.29) is 17.8 Å². The lowest BCUT2D eigenvalue weighted by Crippen LogP contribution is -2.39. The van der Waals surface area contributed by atoms with Gasteiger partial charge < -0.3 is 5.32 Å². The lowest BCUT2D eigenvalue weighted by molar-refractivity contribution is -0.141. The molecule has 2 aromatic carbocycles. The summed E-state index contributed by atoms with van der Waals surface area (Å²) in [5.41, 5.74) is 1.71. The van der Waals surface area contributed by atoms with Crippen molar-refractivity contribution in [2.45, 2.75) is 44.9 Å². The molecule has 34 heavy (non-hydrogen) atoms. The molecule has 0 aliphatic rings. The van der Waals surface area contributed by atoms with Crippen LogP contribution in [0.15, 0.2) is 66.9 Å². The van der Waals surface area contributed by atoms with Gasteiger partial charge in [-0.05, 0) is 61.1 Å². The summed E-state index contributed by atoms with van der Waals surface area (Å²) >= 11 is 0. The predicted molar refractivity (Wildman–Crippen MR) is 122 cm³/mol. The summed E-state index contributed by atoms with van der Waals surface area (Å²) in [5, 5.41) is 6.23. The second-order valence-corrected chi connectivity index (χ2v) is 8.05. The maximum Gasteiger partial charge on any atom is 0.433 e. The number of halogens is 4. The van der Waals surface area contributed by atoms with E-state index in [9.17, 15) is 22.4 Å². The van der Waals surface area contributed by atoms with E-state index in [1.54, 1.807) is 19.1 Å². The van der Waals surface area contributed by atoms with Crippen LogP contribution in [0.4, 0.5) is 17.6 Å². The first kappa shape index (κ1) is 25.4. The van der Waals surface area contributed by atoms with Crippen molar-refractivity contribution >= 4 is 5.91 Å². The van der Waals surface area contributed by atoms with Crippen molar-refractivity contribution in [1.29, 1.82) is 0 Å². The average Bonchev–Trinajstić information content (AvgIpc) is 2.81. The Balaban J connectivity index is 1.88. The molecule has 0 radical (unpaired) electrons. The van der Waals surface area contributed by atoms with E-state index < -0.39 is 17.9 Å². The molecule has 0 aliphatic heterocycles. The molecule has 2 atom stereocenters. The van der Waals surface area contributed by atoms with E-state index >= 15 is 0 Å². The zero-order valence-corrected chi connectivity index (χ0v) is 19.0. The van der Waals surface area contributed by atoms with Gasteiger partial charge in [0.1, 0.15) is 17.6 Å². The third-order valence-corrected chi connectivity index (χ3v) is 5.54. The van der Waals surface area contributed by atoms with Gasteiger partial charge in [0.05, 0.1) is 0 Å². The van der Waals surface area contributed by atoms with E-state index in [1.165, 1.54) is 18.3 Å². The van der Waals surface area contributed by atoms with Gasteiger partial charge in [-0.1, -0.05) is 48.5 Å². The van der Waals surface area contributed by atoms with E-state index in [4.69, 9.17) is 0 Å². The fourth-order valence-corrected chi connectivity index (χ4v) is 3.73. The summed E-state index contributed by atoms with van der Waals surface area (Å²) in [6.45, 7) is 3.95. The van der Waals surface area contributed by atoms with Gasteiger partial charge in [0.15, 0.2) is 0 Å². The van der Waals surface area contributed by atoms with Gasteiger partial charge in [-0.15, -0.1) is 0 Å². The van der Waals surface area contributed by atoms with Gasteiger partial charge in [-0.2, -0.15) is 13.2 Å². The maximum absolute atomic E-state index is 13.9. The summed E-state index contributed by atoms with van der Waals surface area (Å²) in [6.07, 6.45) is -2.41. The Bertz CT molecular complexity index is 1090. The zero-order chi connectivity index (χ0) is 24.7. The van der Waals surface area contributed by atoms with Crippen LogP contribution in [-0.4, -0.2) is 17.4 Å². The molecular weight excluding hydrogens is 446 g/mol. The van der Waals surface area contributed by atoms with Crippen LogP contribution in [-0.2, 0) is 17.4 Å². The number of carbonyl (C=O) groups excluding carboxylic acids is 1. The van der Waals surface area contributed by atoms with Gasteiger partial charge in [-0.3, -0.25) is 15.1 Å². The minimum atomic E-state index is -4.50. The molecule has 0 saturated heterocycles. The van der Waals surface area contributed by atoms with Crippen molar-refractivity contribution in [2.75, 3.05) is 6.54 Å². The Morgan fingerprint density at radius 1 is 1.03 bits per heavy atom. The minimum Gasteiger partial charge on any atom is -0.355 e. The molecule has 0 bridgehead atoms. The lowest BCUT2D eigenvalue weighted by Gasteiger charge is -2.26. The third kappa shape index (κ3) is 6.63. The smallest absolute Gasteiger partial charge is 0.355 e. The molecule has 180 valence electrons. The lowest BCUT2D eigenvalue weighted by atomic mass is 9.95. The number of aromatic nitrogens is 1. The number of amides is 1. The van der Waals surface area contributed by atoms with Crippen LogP contribution in [0.25, 0.3) is 0 Å². The monoisotopic (exact) mass is 473 g/mol. The Morgan fingerprint density at radius 3 is 2.35 bits per heavy atom. The summed E-state index contributed by atoms with van der Waals surface area (Å²) in [5.74, 6) is -0.536. The predicted octanol–water partition coefficient (Wildman–Crippen LogP) is 5.69. The van der Waals surface area contributed by atoms with Crippen LogP contribution >= 0.6 is 0 Å². The van der Waals surface area contributed by atoms with Crippen LogP contribution in [0.2, 0.25) is 0 Å². The number of hydrogen-bond donors (Lipinski definition) is 2. The number of likely N-dealkylation sites (N-methyl/N-ethyl adjacent to an activating group) is 1. The number of hydrogen-bond acceptors (Lipinski definition) is 3. The Labute approximate surface area is 196 Å². The number of nitrogens with zero attached hydrogens (tertiary/aromatic N) is 1. The number of benzene rings is 2. The standard InChI is InChI=1S/C26H27F4N3O/c1-3-31-25(34)24(19-7-5-4-6-8-19)33-22(20-11-12-21(27)17(2)15-20)13-9-18-10-14-23(32-16-18)26(28,29)30/h4-8,10-12,14-16,22,24,33H,3,9,13H2,1-2H3,(H,31,34)/t22-,24+/m0/s1. The molecule has 1 amide bonds. The van der Waals surface area contributed by atoms with Crippen molar-refractivity contribution in [2.24, 2.45) is 0 Å². The van der Waals surface area contributed by atoms with Crippen molar-refractivity contribution < 1.29 is 22.4 Å². The van der Waals surface area contributed by atoms with Gasteiger partial charge in [0.2, 0.25) is 5.91 Å². The quantitative estimate of drug-likeness (QED) is 0.393. The number of nitrogens with one attached hydrogen (secondary N) is 2. The highest BCUT2D eigenvalue weighted by Crippen LogP contribution is 2.29. The second kappa shape index (κ2) is 11.2. The van der Waals surface area contributed by atoms with E-state index in [2.05, 4.69) is 15.6 Å². The topological polar surface area (TPSA) is 54.0 Å². The number of alkyl halides is 3. The molecule has 0 aliphatic carbocycles. The molecular formula is C26H27F4N3O. The highest BCUT2D eigenvalue weighted by molar-refractivity contribution is 5.83. The van der Waals surface area contributed by atoms with Gasteiger partial charge in [0.25, 0.3) is 0 Å². The summed E-state index contributed by atoms with van der Waals surface area (Å²) in [7, 11) is 0. The van der Waals surface area contributed by atoms with Crippen molar-refractivity contribution in [1.82, 2.24) is 15.6 Å². The highest BCUT2D eigenvalue weighted by atomic mass is 19.4. The molecule has 0 fully saturated rings. The van der Waals surface area contributed by atoms with Crippen molar-refractivity contribution in [3.8, 4) is 0 Å². The number of rotatable bonds is 9. The van der Waals surface area contributed by atoms with Crippen molar-refractivity contribution in [3.05, 3.63) is 101 Å². The molecule has 8 heteroatoms. The second-order valence-electron chi connectivity index (χ2n) is 8.05. The molecule has 0 spiro atoms. The first-order chi connectivity index (χ1) is 16.2. The van der Waals surface area contributed by atoms with E-state index in [1.807, 2.05) is 37.3 Å². The summed E-state index contributed by atoms with van der Waals surface area (Å²) < 4.78 is 52.4. The zero-order valence-electron chi connectivity index (χ0n) is 19.0. The third-order valence-electron chi connectivity index (χ3n) is 5.54. The molecule has 0 saturated carbocycles. The summed E-state index contributed by atoms with van der Waals surface area (Å²) in [4.78, 5) is 16.4. The first-order valence-corrected chi connectivity index (χ1v) is 11.1. The number of pyridine rings is 1. The normalized spacial score (nSPS) is 13.4.